The van der Waals surface area contributed by atoms with Crippen molar-refractivity contribution in [3.63, 3.8) is 0 Å². The summed E-state index contributed by atoms with van der Waals surface area (Å²) < 4.78 is 13.6. The molecule has 19 heavy (non-hydrogen) atoms. The van der Waals surface area contributed by atoms with Crippen molar-refractivity contribution in [2.45, 2.75) is 26.7 Å². The topological polar surface area (TPSA) is 36.4 Å². The molecule has 0 amide bonds. The van der Waals surface area contributed by atoms with Crippen molar-refractivity contribution < 1.29 is 4.39 Å². The molecule has 1 aromatic rings. The molecule has 0 heterocycles. The molecule has 0 aliphatic carbocycles. The first-order valence-corrected chi connectivity index (χ1v) is 7.42. The van der Waals surface area contributed by atoms with Crippen molar-refractivity contribution in [2.24, 2.45) is 4.99 Å². The predicted octanol–water partition coefficient (Wildman–Crippen LogP) is 3.10. The van der Waals surface area contributed by atoms with Crippen LogP contribution in [0.1, 0.15) is 25.8 Å². The lowest BCUT2D eigenvalue weighted by Crippen LogP contribution is -2.38. The Kier molecular flexibility index (Phi) is 7.48. The molecule has 0 atom stereocenters. The van der Waals surface area contributed by atoms with E-state index in [-0.39, 0.29) is 5.82 Å². The minimum atomic E-state index is -0.227. The lowest BCUT2D eigenvalue weighted by atomic mass is 10.1. The Bertz CT molecular complexity index is 421. The lowest BCUT2D eigenvalue weighted by Gasteiger charge is -2.11. The van der Waals surface area contributed by atoms with Crippen LogP contribution in [-0.2, 0) is 6.42 Å². The summed E-state index contributed by atoms with van der Waals surface area (Å²) in [5.74, 6) is 0.611. The van der Waals surface area contributed by atoms with E-state index in [1.165, 1.54) is 6.07 Å². The van der Waals surface area contributed by atoms with Crippen LogP contribution in [0.3, 0.4) is 0 Å². The third-order valence-electron chi connectivity index (χ3n) is 2.53. The highest BCUT2D eigenvalue weighted by Crippen LogP contribution is 2.16. The number of halogens is 2. The van der Waals surface area contributed by atoms with Crippen LogP contribution >= 0.6 is 15.9 Å². The maximum atomic E-state index is 13.1. The fourth-order valence-electron chi connectivity index (χ4n) is 1.59. The second-order valence-corrected chi connectivity index (χ2v) is 5.04. The molecule has 0 spiro atoms. The fraction of sp³-hybridized carbons (Fsp3) is 0.500. The second-order valence-electron chi connectivity index (χ2n) is 4.19. The third kappa shape index (κ3) is 6.05. The molecular weight excluding hydrogens is 309 g/mol. The fourth-order valence-corrected chi connectivity index (χ4v) is 2.01. The molecule has 3 nitrogen and oxygen atoms in total. The molecule has 0 unspecified atom stereocenters. The predicted molar refractivity (Wildman–Crippen MR) is 82.1 cm³/mol. The van der Waals surface area contributed by atoms with Gasteiger partial charge in [-0.25, -0.2) is 4.39 Å². The highest BCUT2D eigenvalue weighted by atomic mass is 79.9. The molecule has 5 heteroatoms. The van der Waals surface area contributed by atoms with Gasteiger partial charge in [-0.3, -0.25) is 4.99 Å². The summed E-state index contributed by atoms with van der Waals surface area (Å²) in [5.41, 5.74) is 1.09. The van der Waals surface area contributed by atoms with Crippen LogP contribution in [0.2, 0.25) is 0 Å². The van der Waals surface area contributed by atoms with Gasteiger partial charge < -0.3 is 10.6 Å². The number of benzene rings is 1. The number of aliphatic imine (C=N–C) groups is 1. The van der Waals surface area contributed by atoms with Crippen molar-refractivity contribution in [1.82, 2.24) is 10.6 Å². The Hall–Kier alpha value is -1.10. The maximum Gasteiger partial charge on any atom is 0.191 e. The highest BCUT2D eigenvalue weighted by molar-refractivity contribution is 9.10. The van der Waals surface area contributed by atoms with Gasteiger partial charge in [-0.2, -0.15) is 0 Å². The van der Waals surface area contributed by atoms with E-state index in [0.717, 1.165) is 44.0 Å². The zero-order valence-electron chi connectivity index (χ0n) is 11.5. The van der Waals surface area contributed by atoms with Gasteiger partial charge in [0.25, 0.3) is 0 Å². The van der Waals surface area contributed by atoms with Crippen LogP contribution in [0.25, 0.3) is 0 Å². The van der Waals surface area contributed by atoms with Gasteiger partial charge in [-0.05, 0) is 53.4 Å². The lowest BCUT2D eigenvalue weighted by molar-refractivity contribution is 0.620. The Labute approximate surface area is 122 Å². The molecule has 0 bridgehead atoms. The maximum absolute atomic E-state index is 13.1. The van der Waals surface area contributed by atoms with Crippen LogP contribution in [0.5, 0.6) is 0 Å². The first-order valence-electron chi connectivity index (χ1n) is 6.63. The summed E-state index contributed by atoms with van der Waals surface area (Å²) in [6, 6.07) is 5.10. The van der Waals surface area contributed by atoms with Gasteiger partial charge in [-0.15, -0.1) is 0 Å². The van der Waals surface area contributed by atoms with E-state index < -0.39 is 0 Å². The van der Waals surface area contributed by atoms with Gasteiger partial charge >= 0.3 is 0 Å². The van der Waals surface area contributed by atoms with Crippen molar-refractivity contribution in [2.75, 3.05) is 19.6 Å². The first kappa shape index (κ1) is 16.0. The molecule has 0 fully saturated rings. The smallest absolute Gasteiger partial charge is 0.191 e. The number of nitrogens with zero attached hydrogens (tertiary/aromatic N) is 1. The van der Waals surface area contributed by atoms with Gasteiger partial charge in [0.1, 0.15) is 5.82 Å². The second kappa shape index (κ2) is 8.91. The molecule has 0 saturated carbocycles. The van der Waals surface area contributed by atoms with Gasteiger partial charge in [0, 0.05) is 19.6 Å². The third-order valence-corrected chi connectivity index (χ3v) is 3.14. The van der Waals surface area contributed by atoms with Gasteiger partial charge in [0.2, 0.25) is 0 Å². The largest absolute Gasteiger partial charge is 0.357 e. The number of hydrogen-bond acceptors (Lipinski definition) is 1. The zero-order valence-corrected chi connectivity index (χ0v) is 13.1. The molecule has 2 N–H and O–H groups in total. The molecule has 106 valence electrons. The number of nitrogens with one attached hydrogen (secondary N) is 2. The van der Waals surface area contributed by atoms with Gasteiger partial charge in [-0.1, -0.05) is 13.0 Å². The molecule has 0 radical (unpaired) electrons. The van der Waals surface area contributed by atoms with Crippen LogP contribution < -0.4 is 10.6 Å². The Balaban J connectivity index is 2.44. The minimum absolute atomic E-state index is 0.227. The van der Waals surface area contributed by atoms with Crippen LogP contribution in [0.4, 0.5) is 4.39 Å². The van der Waals surface area contributed by atoms with Crippen molar-refractivity contribution in [3.05, 3.63) is 34.1 Å². The summed E-state index contributed by atoms with van der Waals surface area (Å²) in [6.07, 6.45) is 1.86. The molecule has 0 aliphatic heterocycles. The number of guanidine groups is 1. The zero-order chi connectivity index (χ0) is 14.1. The first-order chi connectivity index (χ1) is 9.17. The Morgan fingerprint density at radius 1 is 1.32 bits per heavy atom. The monoisotopic (exact) mass is 329 g/mol. The summed E-state index contributed by atoms with van der Waals surface area (Å²) in [6.45, 7) is 6.58. The molecule has 1 rings (SSSR count). The standard InChI is InChI=1S/C14H21BrFN3/c1-3-8-18-14(17-4-2)19-9-7-11-5-6-13(16)12(15)10-11/h5-6,10H,3-4,7-9H2,1-2H3,(H2,17,18,19). The quantitative estimate of drug-likeness (QED) is 0.621. The van der Waals surface area contributed by atoms with E-state index in [1.54, 1.807) is 6.07 Å². The van der Waals surface area contributed by atoms with Crippen LogP contribution in [-0.4, -0.2) is 25.6 Å². The van der Waals surface area contributed by atoms with Gasteiger partial charge in [0.05, 0.1) is 4.47 Å². The van der Waals surface area contributed by atoms with E-state index in [9.17, 15) is 4.39 Å². The van der Waals surface area contributed by atoms with Crippen molar-refractivity contribution in [1.29, 1.82) is 0 Å². The van der Waals surface area contributed by atoms with Crippen molar-refractivity contribution in [3.8, 4) is 0 Å². The summed E-state index contributed by atoms with van der Waals surface area (Å²) in [7, 11) is 0. The average Bonchev–Trinajstić information content (AvgIpc) is 2.40. The molecule has 1 aromatic carbocycles. The normalized spacial score (nSPS) is 11.5. The van der Waals surface area contributed by atoms with Gasteiger partial charge in [0.15, 0.2) is 5.96 Å². The van der Waals surface area contributed by atoms with E-state index in [1.807, 2.05) is 13.0 Å². The number of rotatable bonds is 6. The molecule has 0 saturated heterocycles. The SMILES string of the molecule is CCCN=C(NCC)NCCc1ccc(F)c(Br)c1. The van der Waals surface area contributed by atoms with E-state index >= 15 is 0 Å². The van der Waals surface area contributed by atoms with E-state index in [0.29, 0.717) is 4.47 Å². The van der Waals surface area contributed by atoms with Crippen LogP contribution in [0, 0.1) is 5.82 Å². The van der Waals surface area contributed by atoms with Crippen molar-refractivity contribution >= 4 is 21.9 Å². The van der Waals surface area contributed by atoms with E-state index in [2.05, 4.69) is 38.5 Å². The Morgan fingerprint density at radius 3 is 2.74 bits per heavy atom. The van der Waals surface area contributed by atoms with Crippen LogP contribution in [0.15, 0.2) is 27.7 Å². The Morgan fingerprint density at radius 2 is 2.11 bits per heavy atom. The molecule has 0 aromatic heterocycles. The summed E-state index contributed by atoms with van der Waals surface area (Å²) in [5, 5.41) is 6.46. The molecular formula is C14H21BrFN3. The molecule has 0 aliphatic rings. The summed E-state index contributed by atoms with van der Waals surface area (Å²) in [4.78, 5) is 4.42. The average molecular weight is 330 g/mol. The van der Waals surface area contributed by atoms with E-state index in [4.69, 9.17) is 0 Å². The summed E-state index contributed by atoms with van der Waals surface area (Å²) >= 11 is 3.19. The number of hydrogen-bond donors (Lipinski definition) is 2. The minimum Gasteiger partial charge on any atom is -0.357 e. The highest BCUT2D eigenvalue weighted by Gasteiger charge is 2.01.